The molecule has 0 aromatic heterocycles. The van der Waals surface area contributed by atoms with Gasteiger partial charge in [-0.25, -0.2) is 0 Å². The zero-order chi connectivity index (χ0) is 21.5. The summed E-state index contributed by atoms with van der Waals surface area (Å²) in [6.07, 6.45) is -0.290. The molecule has 31 heavy (non-hydrogen) atoms. The van der Waals surface area contributed by atoms with Crippen molar-refractivity contribution in [3.8, 4) is 5.75 Å². The number of hydrogen-bond donors (Lipinski definition) is 4. The molecule has 1 aliphatic rings. The highest BCUT2D eigenvalue weighted by Gasteiger charge is 2.19. The van der Waals surface area contributed by atoms with Gasteiger partial charge in [-0.15, -0.1) is 12.4 Å². The van der Waals surface area contributed by atoms with Crippen LogP contribution in [-0.2, 0) is 27.5 Å². The SMILES string of the molecule is COc1ccc(C(CC(=O)O)NC(=O)CCC(=O)Nc2ccc3c(c2)CNC3)cc1.Cl. The van der Waals surface area contributed by atoms with Crippen molar-refractivity contribution in [2.75, 3.05) is 12.4 Å². The van der Waals surface area contributed by atoms with Crippen LogP contribution in [-0.4, -0.2) is 30.0 Å². The third kappa shape index (κ3) is 6.97. The van der Waals surface area contributed by atoms with E-state index in [0.717, 1.165) is 18.7 Å². The monoisotopic (exact) mass is 447 g/mol. The minimum atomic E-state index is -1.03. The highest BCUT2D eigenvalue weighted by molar-refractivity contribution is 5.93. The molecule has 1 unspecified atom stereocenters. The Morgan fingerprint density at radius 2 is 1.71 bits per heavy atom. The fraction of sp³-hybridized carbons (Fsp3) is 0.318. The van der Waals surface area contributed by atoms with Gasteiger partial charge in [0, 0.05) is 31.6 Å². The molecular formula is C22H26ClN3O5. The van der Waals surface area contributed by atoms with E-state index in [1.807, 2.05) is 18.2 Å². The summed E-state index contributed by atoms with van der Waals surface area (Å²) < 4.78 is 5.10. The first-order valence-corrected chi connectivity index (χ1v) is 9.72. The van der Waals surface area contributed by atoms with Crippen LogP contribution < -0.4 is 20.7 Å². The van der Waals surface area contributed by atoms with E-state index < -0.39 is 12.0 Å². The molecule has 2 amide bonds. The lowest BCUT2D eigenvalue weighted by atomic mass is 10.0. The maximum Gasteiger partial charge on any atom is 0.305 e. The molecule has 8 nitrogen and oxygen atoms in total. The Kier molecular flexibility index (Phi) is 8.84. The van der Waals surface area contributed by atoms with E-state index in [4.69, 9.17) is 9.84 Å². The van der Waals surface area contributed by atoms with E-state index in [9.17, 15) is 14.4 Å². The first kappa shape index (κ1) is 24.2. The molecule has 2 aromatic carbocycles. The number of carboxylic acid groups (broad SMARTS) is 1. The second kappa shape index (κ2) is 11.3. The molecule has 0 spiro atoms. The standard InChI is InChI=1S/C22H25N3O5.ClH/c1-30-18-6-3-14(4-7-18)19(11-22(28)29)25-21(27)9-8-20(26)24-17-5-2-15-12-23-13-16(15)10-17;/h2-7,10,19,23H,8-9,11-13H2,1H3,(H,24,26)(H,25,27)(H,28,29);1H. The summed E-state index contributed by atoms with van der Waals surface area (Å²) in [6.45, 7) is 1.60. The fourth-order valence-electron chi connectivity index (χ4n) is 3.35. The highest BCUT2D eigenvalue weighted by atomic mass is 35.5. The van der Waals surface area contributed by atoms with Crippen molar-refractivity contribution in [3.05, 3.63) is 59.2 Å². The Morgan fingerprint density at radius 3 is 2.39 bits per heavy atom. The second-order valence-electron chi connectivity index (χ2n) is 7.13. The number of carbonyl (C=O) groups excluding carboxylic acids is 2. The maximum absolute atomic E-state index is 12.3. The highest BCUT2D eigenvalue weighted by Crippen LogP contribution is 2.22. The second-order valence-corrected chi connectivity index (χ2v) is 7.13. The molecule has 9 heteroatoms. The summed E-state index contributed by atoms with van der Waals surface area (Å²) in [7, 11) is 1.54. The molecule has 0 saturated heterocycles. The number of carboxylic acids is 1. The van der Waals surface area contributed by atoms with Gasteiger partial charge >= 0.3 is 5.97 Å². The van der Waals surface area contributed by atoms with Gasteiger partial charge in [-0.3, -0.25) is 14.4 Å². The van der Waals surface area contributed by atoms with Crippen LogP contribution in [0.1, 0.15) is 42.0 Å². The van der Waals surface area contributed by atoms with Crippen molar-refractivity contribution < 1.29 is 24.2 Å². The Labute approximate surface area is 186 Å². The van der Waals surface area contributed by atoms with Crippen molar-refractivity contribution in [1.82, 2.24) is 10.6 Å². The number of amides is 2. The Hall–Kier alpha value is -3.10. The summed E-state index contributed by atoms with van der Waals surface area (Å²) in [5, 5.41) is 17.9. The van der Waals surface area contributed by atoms with E-state index >= 15 is 0 Å². The number of anilines is 1. The number of hydrogen-bond acceptors (Lipinski definition) is 5. The first-order chi connectivity index (χ1) is 14.4. The topological polar surface area (TPSA) is 117 Å². The molecule has 0 radical (unpaired) electrons. The van der Waals surface area contributed by atoms with Gasteiger partial charge < -0.3 is 25.8 Å². The lowest BCUT2D eigenvalue weighted by molar-refractivity contribution is -0.138. The largest absolute Gasteiger partial charge is 0.497 e. The lowest BCUT2D eigenvalue weighted by Gasteiger charge is -2.18. The normalized spacial score (nSPS) is 12.8. The van der Waals surface area contributed by atoms with Gasteiger partial charge in [0.25, 0.3) is 0 Å². The molecular weight excluding hydrogens is 422 g/mol. The Morgan fingerprint density at radius 1 is 1.03 bits per heavy atom. The molecule has 1 atom stereocenters. The minimum Gasteiger partial charge on any atom is -0.497 e. The molecule has 0 aliphatic carbocycles. The number of ether oxygens (including phenoxy) is 1. The van der Waals surface area contributed by atoms with Crippen LogP contribution in [0.4, 0.5) is 5.69 Å². The molecule has 3 rings (SSSR count). The summed E-state index contributed by atoms with van der Waals surface area (Å²) in [4.78, 5) is 35.7. The average Bonchev–Trinajstić information content (AvgIpc) is 3.19. The molecule has 0 bridgehead atoms. The van der Waals surface area contributed by atoms with Crippen LogP contribution in [0.3, 0.4) is 0 Å². The van der Waals surface area contributed by atoms with Gasteiger partial charge in [-0.2, -0.15) is 0 Å². The predicted molar refractivity (Wildman–Crippen MR) is 118 cm³/mol. The molecule has 0 fully saturated rings. The third-order valence-electron chi connectivity index (χ3n) is 4.93. The van der Waals surface area contributed by atoms with Crippen molar-refractivity contribution in [1.29, 1.82) is 0 Å². The van der Waals surface area contributed by atoms with Gasteiger partial charge in [-0.05, 0) is 41.0 Å². The van der Waals surface area contributed by atoms with Crippen LogP contribution >= 0.6 is 12.4 Å². The van der Waals surface area contributed by atoms with E-state index in [1.54, 1.807) is 24.3 Å². The molecule has 1 aliphatic heterocycles. The van der Waals surface area contributed by atoms with Crippen LogP contribution in [0.25, 0.3) is 0 Å². The van der Waals surface area contributed by atoms with E-state index in [1.165, 1.54) is 12.7 Å². The average molecular weight is 448 g/mol. The minimum absolute atomic E-state index is 0. The van der Waals surface area contributed by atoms with E-state index in [2.05, 4.69) is 16.0 Å². The van der Waals surface area contributed by atoms with Crippen LogP contribution in [0.2, 0.25) is 0 Å². The zero-order valence-electron chi connectivity index (χ0n) is 17.1. The number of rotatable bonds is 9. The molecule has 1 heterocycles. The maximum atomic E-state index is 12.3. The van der Waals surface area contributed by atoms with Crippen molar-refractivity contribution in [2.45, 2.75) is 38.4 Å². The summed E-state index contributed by atoms with van der Waals surface area (Å²) >= 11 is 0. The lowest BCUT2D eigenvalue weighted by Crippen LogP contribution is -2.30. The number of nitrogens with one attached hydrogen (secondary N) is 3. The van der Waals surface area contributed by atoms with Crippen molar-refractivity contribution >= 4 is 35.9 Å². The number of fused-ring (bicyclic) bond motifs is 1. The van der Waals surface area contributed by atoms with Crippen molar-refractivity contribution in [3.63, 3.8) is 0 Å². The van der Waals surface area contributed by atoms with Crippen LogP contribution in [0.15, 0.2) is 42.5 Å². The number of halogens is 1. The fourth-order valence-corrected chi connectivity index (χ4v) is 3.35. The van der Waals surface area contributed by atoms with Crippen LogP contribution in [0.5, 0.6) is 5.75 Å². The van der Waals surface area contributed by atoms with Crippen molar-refractivity contribution in [2.24, 2.45) is 0 Å². The third-order valence-corrected chi connectivity index (χ3v) is 4.93. The van der Waals surface area contributed by atoms with E-state index in [0.29, 0.717) is 17.0 Å². The predicted octanol–water partition coefficient (Wildman–Crippen LogP) is 2.77. The van der Waals surface area contributed by atoms with Gasteiger partial charge in [0.15, 0.2) is 0 Å². The van der Waals surface area contributed by atoms with Gasteiger partial charge in [0.05, 0.1) is 19.6 Å². The first-order valence-electron chi connectivity index (χ1n) is 9.72. The Bertz CT molecular complexity index is 933. The van der Waals surface area contributed by atoms with Gasteiger partial charge in [-0.1, -0.05) is 18.2 Å². The summed E-state index contributed by atoms with van der Waals surface area (Å²) in [5.74, 6) is -1.04. The number of carbonyl (C=O) groups is 3. The molecule has 0 saturated carbocycles. The number of methoxy groups -OCH3 is 1. The zero-order valence-corrected chi connectivity index (χ0v) is 18.0. The number of benzene rings is 2. The molecule has 166 valence electrons. The molecule has 4 N–H and O–H groups in total. The number of aliphatic carboxylic acids is 1. The quantitative estimate of drug-likeness (QED) is 0.469. The van der Waals surface area contributed by atoms with Crippen LogP contribution in [0, 0.1) is 0 Å². The summed E-state index contributed by atoms with van der Waals surface area (Å²) in [5.41, 5.74) is 3.73. The Balaban J connectivity index is 0.00000341. The molecule has 2 aromatic rings. The van der Waals surface area contributed by atoms with Gasteiger partial charge in [0.1, 0.15) is 5.75 Å². The summed E-state index contributed by atoms with van der Waals surface area (Å²) in [6, 6.07) is 11.9. The van der Waals surface area contributed by atoms with E-state index in [-0.39, 0.29) is 43.5 Å². The van der Waals surface area contributed by atoms with Gasteiger partial charge in [0.2, 0.25) is 11.8 Å². The smallest absolute Gasteiger partial charge is 0.305 e.